The number of halogens is 3. The highest BCUT2D eigenvalue weighted by Crippen LogP contribution is 2.30. The van der Waals surface area contributed by atoms with Crippen LogP contribution in [0.15, 0.2) is 66.7 Å². The van der Waals surface area contributed by atoms with Crippen LogP contribution >= 0.6 is 23.2 Å². The van der Waals surface area contributed by atoms with E-state index in [0.29, 0.717) is 16.3 Å². The normalized spacial score (nSPS) is 15.4. The number of rotatable bonds is 6. The Hall–Kier alpha value is -3.82. The maximum Gasteiger partial charge on any atom is 0.288 e. The predicted octanol–water partition coefficient (Wildman–Crippen LogP) is 5.02. The lowest BCUT2D eigenvalue weighted by Gasteiger charge is -2.28. The smallest absolute Gasteiger partial charge is 0.288 e. The molecular formula is C24H16Cl2FN3O5. The van der Waals surface area contributed by atoms with Gasteiger partial charge in [-0.1, -0.05) is 35.3 Å². The Bertz CT molecular complexity index is 1330. The summed E-state index contributed by atoms with van der Waals surface area (Å²) in [6.45, 7) is -0.145. The molecular weight excluding hydrogens is 500 g/mol. The van der Waals surface area contributed by atoms with Crippen LogP contribution < -0.4 is 4.90 Å². The third kappa shape index (κ3) is 5.01. The van der Waals surface area contributed by atoms with Crippen LogP contribution in [-0.2, 0) is 16.1 Å². The van der Waals surface area contributed by atoms with Gasteiger partial charge in [0.15, 0.2) is 0 Å². The van der Waals surface area contributed by atoms with Crippen molar-refractivity contribution in [3.8, 4) is 0 Å². The highest BCUT2D eigenvalue weighted by atomic mass is 35.5. The Morgan fingerprint density at radius 3 is 2.34 bits per heavy atom. The summed E-state index contributed by atoms with van der Waals surface area (Å²) in [4.78, 5) is 52.4. The largest absolute Gasteiger partial charge is 0.322 e. The number of carbonyl (C=O) groups is 3. The summed E-state index contributed by atoms with van der Waals surface area (Å²) in [5, 5.41) is 11.6. The number of nitro benzene ring substituents is 1. The SMILES string of the molecule is O=C1CC(N(Cc2ccc(F)cc2)C(=O)c2ccc(Cl)c([N+](=O)[O-])c2)C(=O)N1c1ccc(Cl)cc1. The Labute approximate surface area is 208 Å². The molecule has 3 aromatic carbocycles. The van der Waals surface area contributed by atoms with E-state index in [1.807, 2.05) is 0 Å². The lowest BCUT2D eigenvalue weighted by atomic mass is 10.1. The third-order valence-corrected chi connectivity index (χ3v) is 6.07. The fourth-order valence-corrected chi connectivity index (χ4v) is 4.09. The first-order chi connectivity index (χ1) is 16.7. The van der Waals surface area contributed by atoms with Gasteiger partial charge < -0.3 is 4.90 Å². The van der Waals surface area contributed by atoms with E-state index < -0.39 is 40.2 Å². The highest BCUT2D eigenvalue weighted by Gasteiger charge is 2.44. The van der Waals surface area contributed by atoms with Crippen molar-refractivity contribution >= 4 is 52.3 Å². The van der Waals surface area contributed by atoms with Gasteiger partial charge in [0.05, 0.1) is 17.0 Å². The Kier molecular flexibility index (Phi) is 6.81. The summed E-state index contributed by atoms with van der Waals surface area (Å²) in [5.74, 6) is -2.38. The molecule has 1 aliphatic rings. The van der Waals surface area contributed by atoms with E-state index in [0.717, 1.165) is 15.9 Å². The molecule has 8 nitrogen and oxygen atoms in total. The van der Waals surface area contributed by atoms with Crippen LogP contribution in [0.3, 0.4) is 0 Å². The van der Waals surface area contributed by atoms with Gasteiger partial charge in [0.25, 0.3) is 17.5 Å². The number of carbonyl (C=O) groups excluding carboxylic acids is 3. The average Bonchev–Trinajstić information content (AvgIpc) is 3.12. The van der Waals surface area contributed by atoms with Crippen LogP contribution in [0, 0.1) is 15.9 Å². The quantitative estimate of drug-likeness (QED) is 0.260. The van der Waals surface area contributed by atoms with Crippen LogP contribution in [0.2, 0.25) is 10.0 Å². The molecule has 1 aliphatic heterocycles. The number of amides is 3. The number of benzene rings is 3. The molecule has 0 N–H and O–H groups in total. The monoisotopic (exact) mass is 515 g/mol. The van der Waals surface area contributed by atoms with Crippen LogP contribution in [0.5, 0.6) is 0 Å². The second-order valence-electron chi connectivity index (χ2n) is 7.75. The molecule has 11 heteroatoms. The standard InChI is InChI=1S/C24H16Cl2FN3O5/c25-16-4-8-18(9-5-16)29-22(31)12-21(24(29)33)28(13-14-1-6-17(27)7-2-14)23(32)15-3-10-19(26)20(11-15)30(34)35/h1-11,21H,12-13H2. The number of hydrogen-bond acceptors (Lipinski definition) is 5. The summed E-state index contributed by atoms with van der Waals surface area (Å²) < 4.78 is 13.4. The van der Waals surface area contributed by atoms with Gasteiger partial charge in [-0.25, -0.2) is 9.29 Å². The van der Waals surface area contributed by atoms with E-state index in [1.165, 1.54) is 60.7 Å². The number of anilines is 1. The summed E-state index contributed by atoms with van der Waals surface area (Å²) in [6, 6.07) is 13.7. The fourth-order valence-electron chi connectivity index (χ4n) is 3.78. The van der Waals surface area contributed by atoms with Crippen molar-refractivity contribution in [2.24, 2.45) is 0 Å². The topological polar surface area (TPSA) is 101 Å². The lowest BCUT2D eigenvalue weighted by Crippen LogP contribution is -2.45. The summed E-state index contributed by atoms with van der Waals surface area (Å²) in [5.41, 5.74) is 0.223. The van der Waals surface area contributed by atoms with Gasteiger partial charge in [-0.05, 0) is 54.1 Å². The lowest BCUT2D eigenvalue weighted by molar-refractivity contribution is -0.384. The molecule has 0 aromatic heterocycles. The first-order valence-corrected chi connectivity index (χ1v) is 11.0. The zero-order valence-electron chi connectivity index (χ0n) is 17.9. The van der Waals surface area contributed by atoms with E-state index in [1.54, 1.807) is 0 Å². The van der Waals surface area contributed by atoms with Gasteiger partial charge in [0.2, 0.25) is 5.91 Å². The van der Waals surface area contributed by atoms with Crippen molar-refractivity contribution in [1.29, 1.82) is 0 Å². The second kappa shape index (κ2) is 9.81. The van der Waals surface area contributed by atoms with Crippen molar-refractivity contribution in [3.05, 3.63) is 104 Å². The van der Waals surface area contributed by atoms with E-state index >= 15 is 0 Å². The number of nitro groups is 1. The molecule has 1 atom stereocenters. The van der Waals surface area contributed by atoms with Crippen molar-refractivity contribution < 1.29 is 23.7 Å². The van der Waals surface area contributed by atoms with Gasteiger partial charge in [-0.2, -0.15) is 0 Å². The second-order valence-corrected chi connectivity index (χ2v) is 8.59. The average molecular weight is 516 g/mol. The van der Waals surface area contributed by atoms with Gasteiger partial charge in [-0.3, -0.25) is 24.5 Å². The van der Waals surface area contributed by atoms with E-state index in [4.69, 9.17) is 23.2 Å². The van der Waals surface area contributed by atoms with Crippen molar-refractivity contribution in [1.82, 2.24) is 4.90 Å². The first-order valence-electron chi connectivity index (χ1n) is 10.3. The van der Waals surface area contributed by atoms with Crippen LogP contribution in [0.1, 0.15) is 22.3 Å². The zero-order valence-corrected chi connectivity index (χ0v) is 19.4. The number of nitrogens with zero attached hydrogens (tertiary/aromatic N) is 3. The van der Waals surface area contributed by atoms with E-state index in [-0.39, 0.29) is 23.6 Å². The molecule has 0 saturated carbocycles. The van der Waals surface area contributed by atoms with Crippen molar-refractivity contribution in [2.75, 3.05) is 4.90 Å². The molecule has 1 unspecified atom stereocenters. The molecule has 3 aromatic rings. The molecule has 1 heterocycles. The Morgan fingerprint density at radius 2 is 1.71 bits per heavy atom. The van der Waals surface area contributed by atoms with Crippen molar-refractivity contribution in [2.45, 2.75) is 19.0 Å². The summed E-state index contributed by atoms with van der Waals surface area (Å²) in [6.07, 6.45) is -0.302. The van der Waals surface area contributed by atoms with Gasteiger partial charge >= 0.3 is 0 Å². The predicted molar refractivity (Wildman–Crippen MR) is 127 cm³/mol. The maximum absolute atomic E-state index is 13.5. The molecule has 1 saturated heterocycles. The molecule has 0 bridgehead atoms. The minimum absolute atomic E-state index is 0.0894. The molecule has 3 amide bonds. The summed E-state index contributed by atoms with van der Waals surface area (Å²) in [7, 11) is 0. The minimum atomic E-state index is -1.19. The molecule has 0 radical (unpaired) electrons. The number of hydrogen-bond donors (Lipinski definition) is 0. The molecule has 4 rings (SSSR count). The van der Waals surface area contributed by atoms with Gasteiger partial charge in [-0.15, -0.1) is 0 Å². The Morgan fingerprint density at radius 1 is 1.06 bits per heavy atom. The summed E-state index contributed by atoms with van der Waals surface area (Å²) >= 11 is 11.8. The van der Waals surface area contributed by atoms with Crippen LogP contribution in [0.4, 0.5) is 15.8 Å². The molecule has 178 valence electrons. The highest BCUT2D eigenvalue weighted by molar-refractivity contribution is 6.33. The van der Waals surface area contributed by atoms with Gasteiger partial charge in [0.1, 0.15) is 16.9 Å². The van der Waals surface area contributed by atoms with E-state index in [2.05, 4.69) is 0 Å². The minimum Gasteiger partial charge on any atom is -0.322 e. The fraction of sp³-hybridized carbons (Fsp3) is 0.125. The Balaban J connectivity index is 1.72. The number of imide groups is 1. The van der Waals surface area contributed by atoms with E-state index in [9.17, 15) is 28.9 Å². The zero-order chi connectivity index (χ0) is 25.3. The van der Waals surface area contributed by atoms with Crippen LogP contribution in [0.25, 0.3) is 0 Å². The third-order valence-electron chi connectivity index (χ3n) is 5.50. The first kappa shape index (κ1) is 24.3. The molecule has 1 fully saturated rings. The molecule has 35 heavy (non-hydrogen) atoms. The molecule has 0 spiro atoms. The molecule has 0 aliphatic carbocycles. The van der Waals surface area contributed by atoms with Gasteiger partial charge in [0, 0.05) is 23.2 Å². The van der Waals surface area contributed by atoms with Crippen molar-refractivity contribution in [3.63, 3.8) is 0 Å². The maximum atomic E-state index is 13.5. The van der Waals surface area contributed by atoms with Crippen LogP contribution in [-0.4, -0.2) is 33.6 Å².